The molecule has 0 saturated carbocycles. The Morgan fingerprint density at radius 2 is 2.29 bits per heavy atom. The molecule has 0 aliphatic carbocycles. The molecule has 0 aliphatic heterocycles. The lowest BCUT2D eigenvalue weighted by atomic mass is 10.2. The van der Waals surface area contributed by atoms with Crippen molar-refractivity contribution in [3.8, 4) is 5.75 Å². The monoisotopic (exact) mass is 292 g/mol. The van der Waals surface area contributed by atoms with E-state index in [0.717, 1.165) is 6.42 Å². The van der Waals surface area contributed by atoms with Crippen LogP contribution in [0.1, 0.15) is 25.1 Å². The first-order valence-electron chi connectivity index (χ1n) is 6.54. The van der Waals surface area contributed by atoms with Gasteiger partial charge in [-0.1, -0.05) is 12.1 Å². The number of benzene rings is 1. The Morgan fingerprint density at radius 1 is 1.48 bits per heavy atom. The van der Waals surface area contributed by atoms with Crippen LogP contribution in [0.25, 0.3) is 0 Å². The first-order chi connectivity index (χ1) is 10.1. The molecule has 2 rings (SSSR count). The fourth-order valence-electron chi connectivity index (χ4n) is 1.70. The van der Waals surface area contributed by atoms with E-state index in [4.69, 9.17) is 9.26 Å². The number of nitrogens with one attached hydrogen (secondary N) is 1. The first kappa shape index (κ1) is 14.8. The molecule has 112 valence electrons. The number of hydrogen-bond donors (Lipinski definition) is 1. The molecule has 8 heteroatoms. The molecule has 2 aromatic rings. The predicted octanol–water partition coefficient (Wildman–Crippen LogP) is 2.69. The van der Waals surface area contributed by atoms with Crippen LogP contribution < -0.4 is 10.1 Å². The summed E-state index contributed by atoms with van der Waals surface area (Å²) >= 11 is 0. The molecular formula is C13H16N4O4. The third-order valence-corrected chi connectivity index (χ3v) is 2.64. The zero-order valence-corrected chi connectivity index (χ0v) is 11.8. The van der Waals surface area contributed by atoms with Crippen LogP contribution in [0.15, 0.2) is 22.7 Å². The number of nitrogens with zero attached hydrogens (tertiary/aromatic N) is 3. The highest BCUT2D eigenvalue weighted by atomic mass is 16.6. The van der Waals surface area contributed by atoms with Crippen molar-refractivity contribution in [3.63, 3.8) is 0 Å². The molecular weight excluding hydrogens is 276 g/mol. The Labute approximate surface area is 121 Å². The molecule has 0 unspecified atom stereocenters. The van der Waals surface area contributed by atoms with E-state index in [1.165, 1.54) is 6.07 Å². The molecule has 1 aromatic carbocycles. The first-order valence-corrected chi connectivity index (χ1v) is 6.54. The minimum Gasteiger partial charge on any atom is -0.487 e. The van der Waals surface area contributed by atoms with E-state index in [1.807, 2.05) is 6.92 Å². The van der Waals surface area contributed by atoms with Gasteiger partial charge in [0.15, 0.2) is 11.6 Å². The molecule has 8 nitrogen and oxygen atoms in total. The second-order valence-corrected chi connectivity index (χ2v) is 4.37. The summed E-state index contributed by atoms with van der Waals surface area (Å²) in [5.74, 6) is 1.25. The van der Waals surface area contributed by atoms with Gasteiger partial charge < -0.3 is 14.6 Å². The van der Waals surface area contributed by atoms with Crippen molar-refractivity contribution in [2.45, 2.75) is 26.8 Å². The Hall–Kier alpha value is -2.64. The number of ether oxygens (including phenoxy) is 1. The van der Waals surface area contributed by atoms with Crippen molar-refractivity contribution in [2.24, 2.45) is 0 Å². The van der Waals surface area contributed by atoms with Gasteiger partial charge in [-0.15, -0.1) is 0 Å². The number of rotatable bonds is 7. The van der Waals surface area contributed by atoms with Gasteiger partial charge in [-0.05, 0) is 12.5 Å². The molecule has 0 fully saturated rings. The molecule has 0 bridgehead atoms. The largest absolute Gasteiger partial charge is 0.487 e. The fourth-order valence-corrected chi connectivity index (χ4v) is 1.70. The Morgan fingerprint density at radius 3 is 2.90 bits per heavy atom. The number of nitro groups is 1. The van der Waals surface area contributed by atoms with Crippen LogP contribution in [-0.4, -0.2) is 21.7 Å². The van der Waals surface area contributed by atoms with Crippen molar-refractivity contribution >= 4 is 11.4 Å². The number of hydrogen-bond acceptors (Lipinski definition) is 7. The maximum absolute atomic E-state index is 11.0. The van der Waals surface area contributed by atoms with Crippen LogP contribution >= 0.6 is 0 Å². The van der Waals surface area contributed by atoms with Gasteiger partial charge in [0.1, 0.15) is 0 Å². The summed E-state index contributed by atoms with van der Waals surface area (Å²) in [7, 11) is 0. The summed E-state index contributed by atoms with van der Waals surface area (Å²) in [5, 5.41) is 17.8. The van der Waals surface area contributed by atoms with Crippen molar-refractivity contribution in [1.82, 2.24) is 10.1 Å². The van der Waals surface area contributed by atoms with E-state index in [2.05, 4.69) is 15.5 Å². The van der Waals surface area contributed by atoms with Crippen LogP contribution in [0, 0.1) is 17.0 Å². The van der Waals surface area contributed by atoms with Crippen LogP contribution in [0.5, 0.6) is 5.75 Å². The van der Waals surface area contributed by atoms with Gasteiger partial charge in [0.05, 0.1) is 18.1 Å². The topological polar surface area (TPSA) is 103 Å². The van der Waals surface area contributed by atoms with Crippen molar-refractivity contribution in [3.05, 3.63) is 40.0 Å². The van der Waals surface area contributed by atoms with Crippen LogP contribution in [-0.2, 0) is 6.54 Å². The van der Waals surface area contributed by atoms with Crippen LogP contribution in [0.3, 0.4) is 0 Å². The van der Waals surface area contributed by atoms with Crippen molar-refractivity contribution in [1.29, 1.82) is 0 Å². The molecule has 0 aliphatic rings. The SMILES string of the molecule is CCCOc1cc(NCc2noc(C)n2)ccc1[N+](=O)[O-]. The highest BCUT2D eigenvalue weighted by molar-refractivity contribution is 5.58. The van der Waals surface area contributed by atoms with Crippen molar-refractivity contribution in [2.75, 3.05) is 11.9 Å². The summed E-state index contributed by atoms with van der Waals surface area (Å²) in [6.07, 6.45) is 0.775. The smallest absolute Gasteiger partial charge is 0.311 e. The third-order valence-electron chi connectivity index (χ3n) is 2.64. The van der Waals surface area contributed by atoms with E-state index in [0.29, 0.717) is 30.6 Å². The van der Waals surface area contributed by atoms with E-state index in [9.17, 15) is 10.1 Å². The lowest BCUT2D eigenvalue weighted by Gasteiger charge is -2.08. The highest BCUT2D eigenvalue weighted by Crippen LogP contribution is 2.30. The third kappa shape index (κ3) is 3.91. The van der Waals surface area contributed by atoms with E-state index in [1.54, 1.807) is 19.1 Å². The molecule has 1 N–H and O–H groups in total. The number of anilines is 1. The predicted molar refractivity (Wildman–Crippen MR) is 75.2 cm³/mol. The van der Waals surface area contributed by atoms with Gasteiger partial charge in [-0.25, -0.2) is 0 Å². The second-order valence-electron chi connectivity index (χ2n) is 4.37. The molecule has 0 spiro atoms. The highest BCUT2D eigenvalue weighted by Gasteiger charge is 2.15. The van der Waals surface area contributed by atoms with Gasteiger partial charge in [-0.3, -0.25) is 10.1 Å². The molecule has 0 saturated heterocycles. The summed E-state index contributed by atoms with van der Waals surface area (Å²) in [6.45, 7) is 4.43. The molecule has 1 aromatic heterocycles. The summed E-state index contributed by atoms with van der Waals surface area (Å²) in [5.41, 5.74) is 0.638. The second kappa shape index (κ2) is 6.69. The number of aryl methyl sites for hydroxylation is 1. The zero-order chi connectivity index (χ0) is 15.2. The molecule has 0 radical (unpaired) electrons. The Bertz CT molecular complexity index is 626. The quantitative estimate of drug-likeness (QED) is 0.618. The number of aromatic nitrogens is 2. The van der Waals surface area contributed by atoms with E-state index >= 15 is 0 Å². The lowest BCUT2D eigenvalue weighted by Crippen LogP contribution is -2.03. The van der Waals surface area contributed by atoms with E-state index < -0.39 is 4.92 Å². The average molecular weight is 292 g/mol. The molecule has 0 atom stereocenters. The minimum absolute atomic E-state index is 0.0515. The normalized spacial score (nSPS) is 10.4. The van der Waals surface area contributed by atoms with Crippen molar-refractivity contribution < 1.29 is 14.2 Å². The van der Waals surface area contributed by atoms with Gasteiger partial charge in [0.2, 0.25) is 5.89 Å². The minimum atomic E-state index is -0.461. The maximum Gasteiger partial charge on any atom is 0.311 e. The summed E-state index contributed by atoms with van der Waals surface area (Å²) in [4.78, 5) is 14.6. The summed E-state index contributed by atoms with van der Waals surface area (Å²) < 4.78 is 10.3. The van der Waals surface area contributed by atoms with Crippen LogP contribution in [0.2, 0.25) is 0 Å². The molecule has 0 amide bonds. The van der Waals surface area contributed by atoms with Gasteiger partial charge >= 0.3 is 5.69 Å². The lowest BCUT2D eigenvalue weighted by molar-refractivity contribution is -0.385. The summed E-state index contributed by atoms with van der Waals surface area (Å²) in [6, 6.07) is 4.62. The fraction of sp³-hybridized carbons (Fsp3) is 0.385. The van der Waals surface area contributed by atoms with Gasteiger partial charge in [0.25, 0.3) is 0 Å². The average Bonchev–Trinajstić information content (AvgIpc) is 2.88. The zero-order valence-electron chi connectivity index (χ0n) is 11.8. The van der Waals surface area contributed by atoms with Gasteiger partial charge in [-0.2, -0.15) is 4.98 Å². The van der Waals surface area contributed by atoms with Gasteiger partial charge in [0, 0.05) is 24.7 Å². The Kier molecular flexibility index (Phi) is 4.70. The molecule has 1 heterocycles. The maximum atomic E-state index is 11.0. The number of nitro benzene ring substituents is 1. The molecule has 21 heavy (non-hydrogen) atoms. The Balaban J connectivity index is 2.10. The standard InChI is InChI=1S/C13H16N4O4/c1-3-6-20-12-7-10(4-5-11(12)17(18)19)14-8-13-15-9(2)21-16-13/h4-5,7,14H,3,6,8H2,1-2H3. The van der Waals surface area contributed by atoms with Crippen LogP contribution in [0.4, 0.5) is 11.4 Å². The van der Waals surface area contributed by atoms with E-state index in [-0.39, 0.29) is 11.4 Å².